The Labute approximate surface area is 172 Å². The van der Waals surface area contributed by atoms with Gasteiger partial charge in [0.25, 0.3) is 0 Å². The molecule has 9 nitrogen and oxygen atoms in total. The van der Waals surface area contributed by atoms with E-state index in [0.717, 1.165) is 0 Å². The molecule has 30 heavy (non-hydrogen) atoms. The minimum atomic E-state index is -1.56. The zero-order valence-corrected chi connectivity index (χ0v) is 16.1. The molecule has 1 heterocycles. The molecule has 0 radical (unpaired) electrons. The number of ether oxygens (including phenoxy) is 3. The van der Waals surface area contributed by atoms with Crippen LogP contribution in [0.3, 0.4) is 0 Å². The number of methoxy groups -OCH3 is 1. The van der Waals surface area contributed by atoms with Gasteiger partial charge in [0.05, 0.1) is 13.7 Å². The summed E-state index contributed by atoms with van der Waals surface area (Å²) in [5.74, 6) is 0.383. The Kier molecular flexibility index (Phi) is 6.80. The van der Waals surface area contributed by atoms with Crippen molar-refractivity contribution in [2.24, 2.45) is 0 Å². The highest BCUT2D eigenvalue weighted by atomic mass is 16.7. The summed E-state index contributed by atoms with van der Waals surface area (Å²) in [6.07, 6.45) is -3.68. The van der Waals surface area contributed by atoms with E-state index in [2.05, 4.69) is 0 Å². The van der Waals surface area contributed by atoms with Crippen molar-refractivity contribution in [2.45, 2.75) is 30.7 Å². The SMILES string of the molecule is COc1ccc(/C=C/c2cc(O)cc(O)c2)cc1O[C@H]1O[C@@H](CO)[C@H](O)[C@@H](O)[C@@H]1O. The van der Waals surface area contributed by atoms with Crippen LogP contribution >= 0.6 is 0 Å². The molecule has 1 aliphatic heterocycles. The van der Waals surface area contributed by atoms with Crippen LogP contribution in [0.1, 0.15) is 11.1 Å². The quantitative estimate of drug-likeness (QED) is 0.366. The van der Waals surface area contributed by atoms with E-state index in [0.29, 0.717) is 16.9 Å². The lowest BCUT2D eigenvalue weighted by molar-refractivity contribution is -0.277. The van der Waals surface area contributed by atoms with Gasteiger partial charge in [0.2, 0.25) is 6.29 Å². The number of hydrogen-bond acceptors (Lipinski definition) is 9. The van der Waals surface area contributed by atoms with Gasteiger partial charge in [0, 0.05) is 6.07 Å². The van der Waals surface area contributed by atoms with Crippen LogP contribution in [0.15, 0.2) is 36.4 Å². The summed E-state index contributed by atoms with van der Waals surface area (Å²) >= 11 is 0. The molecule has 2 aromatic rings. The van der Waals surface area contributed by atoms with Crippen LogP contribution in [0.5, 0.6) is 23.0 Å². The van der Waals surface area contributed by atoms with Crippen LogP contribution in [-0.4, -0.2) is 75.1 Å². The summed E-state index contributed by atoms with van der Waals surface area (Å²) in [4.78, 5) is 0. The Morgan fingerprint density at radius 2 is 1.53 bits per heavy atom. The summed E-state index contributed by atoms with van der Waals surface area (Å²) in [6.45, 7) is -0.568. The van der Waals surface area contributed by atoms with E-state index in [4.69, 9.17) is 14.2 Å². The molecule has 1 fully saturated rings. The number of phenols is 2. The molecule has 0 bridgehead atoms. The molecule has 9 heteroatoms. The van der Waals surface area contributed by atoms with Gasteiger partial charge in [0.1, 0.15) is 35.9 Å². The first-order chi connectivity index (χ1) is 14.3. The Morgan fingerprint density at radius 3 is 2.17 bits per heavy atom. The van der Waals surface area contributed by atoms with Crippen LogP contribution in [0, 0.1) is 0 Å². The predicted molar refractivity (Wildman–Crippen MR) is 106 cm³/mol. The van der Waals surface area contributed by atoms with Crippen LogP contribution < -0.4 is 9.47 Å². The second-order valence-corrected chi connectivity index (χ2v) is 6.84. The van der Waals surface area contributed by atoms with Gasteiger partial charge in [0.15, 0.2) is 11.5 Å². The maximum Gasteiger partial charge on any atom is 0.229 e. The third-order valence-electron chi connectivity index (χ3n) is 4.67. The Morgan fingerprint density at radius 1 is 0.867 bits per heavy atom. The van der Waals surface area contributed by atoms with Crippen molar-refractivity contribution < 1.29 is 44.8 Å². The average Bonchev–Trinajstić information content (AvgIpc) is 2.72. The maximum absolute atomic E-state index is 10.2. The Bertz CT molecular complexity index is 876. The monoisotopic (exact) mass is 420 g/mol. The zero-order chi connectivity index (χ0) is 21.8. The van der Waals surface area contributed by atoms with Crippen LogP contribution in [0.4, 0.5) is 0 Å². The third kappa shape index (κ3) is 4.84. The summed E-state index contributed by atoms with van der Waals surface area (Å²) in [5.41, 5.74) is 1.23. The van der Waals surface area contributed by atoms with Gasteiger partial charge in [-0.25, -0.2) is 0 Å². The number of aliphatic hydroxyl groups excluding tert-OH is 4. The first kappa shape index (κ1) is 21.9. The van der Waals surface area contributed by atoms with Gasteiger partial charge in [-0.3, -0.25) is 0 Å². The Hall–Kier alpha value is -2.82. The van der Waals surface area contributed by atoms with Crippen LogP contribution in [-0.2, 0) is 4.74 Å². The van der Waals surface area contributed by atoms with Gasteiger partial charge in [-0.2, -0.15) is 0 Å². The number of phenolic OH excluding ortho intramolecular Hbond substituents is 2. The van der Waals surface area contributed by atoms with Gasteiger partial charge >= 0.3 is 0 Å². The van der Waals surface area contributed by atoms with Crippen molar-refractivity contribution in [3.05, 3.63) is 47.5 Å². The minimum absolute atomic E-state index is 0.0731. The lowest BCUT2D eigenvalue weighted by Gasteiger charge is -2.39. The molecule has 0 aromatic heterocycles. The van der Waals surface area contributed by atoms with Crippen molar-refractivity contribution in [1.29, 1.82) is 0 Å². The lowest BCUT2D eigenvalue weighted by atomic mass is 9.99. The van der Waals surface area contributed by atoms with E-state index >= 15 is 0 Å². The van der Waals surface area contributed by atoms with Gasteiger partial charge in [-0.05, 0) is 35.4 Å². The normalized spacial score (nSPS) is 26.6. The standard InChI is InChI=1S/C21H24O9/c1-28-15-5-4-11(2-3-12-6-13(23)9-14(24)7-12)8-16(15)29-21-20(27)19(26)18(25)17(10-22)30-21/h2-9,17-27H,10H2,1H3/b3-2+/t17-,18-,19+,20-,21-/m0/s1. The molecule has 0 saturated carbocycles. The largest absolute Gasteiger partial charge is 0.508 e. The number of hydrogen-bond donors (Lipinski definition) is 6. The smallest absolute Gasteiger partial charge is 0.229 e. The lowest BCUT2D eigenvalue weighted by Crippen LogP contribution is -2.60. The number of aromatic hydroxyl groups is 2. The van der Waals surface area contributed by atoms with Crippen molar-refractivity contribution in [1.82, 2.24) is 0 Å². The van der Waals surface area contributed by atoms with E-state index in [1.54, 1.807) is 30.4 Å². The first-order valence-electron chi connectivity index (χ1n) is 9.18. The highest BCUT2D eigenvalue weighted by molar-refractivity contribution is 5.72. The fraction of sp³-hybridized carbons (Fsp3) is 0.333. The van der Waals surface area contributed by atoms with Crippen LogP contribution in [0.25, 0.3) is 12.2 Å². The number of rotatable bonds is 6. The fourth-order valence-corrected chi connectivity index (χ4v) is 3.09. The third-order valence-corrected chi connectivity index (χ3v) is 4.67. The predicted octanol–water partition coefficient (Wildman–Crippen LogP) is 0.456. The van der Waals surface area contributed by atoms with Crippen molar-refractivity contribution in [2.75, 3.05) is 13.7 Å². The molecular weight excluding hydrogens is 396 g/mol. The van der Waals surface area contributed by atoms with E-state index in [1.807, 2.05) is 0 Å². The zero-order valence-electron chi connectivity index (χ0n) is 16.1. The molecule has 1 aliphatic rings. The van der Waals surface area contributed by atoms with Crippen molar-refractivity contribution in [3.8, 4) is 23.0 Å². The Balaban J connectivity index is 1.83. The second kappa shape index (κ2) is 9.33. The molecule has 5 atom stereocenters. The van der Waals surface area contributed by atoms with Crippen LogP contribution in [0.2, 0.25) is 0 Å². The summed E-state index contributed by atoms with van der Waals surface area (Å²) in [5, 5.41) is 58.4. The molecule has 6 N–H and O–H groups in total. The highest BCUT2D eigenvalue weighted by Gasteiger charge is 2.44. The molecule has 0 spiro atoms. The van der Waals surface area contributed by atoms with Gasteiger partial charge < -0.3 is 44.8 Å². The molecule has 0 aliphatic carbocycles. The highest BCUT2D eigenvalue weighted by Crippen LogP contribution is 2.33. The molecular formula is C21H24O9. The molecule has 0 unspecified atom stereocenters. The second-order valence-electron chi connectivity index (χ2n) is 6.84. The van der Waals surface area contributed by atoms with Crippen molar-refractivity contribution in [3.63, 3.8) is 0 Å². The topological polar surface area (TPSA) is 149 Å². The van der Waals surface area contributed by atoms with E-state index in [9.17, 15) is 30.6 Å². The molecule has 0 amide bonds. The number of aliphatic hydroxyl groups is 4. The molecule has 162 valence electrons. The van der Waals surface area contributed by atoms with E-state index < -0.39 is 37.3 Å². The van der Waals surface area contributed by atoms with E-state index in [1.165, 1.54) is 25.3 Å². The molecule has 1 saturated heterocycles. The summed E-state index contributed by atoms with van der Waals surface area (Å²) in [6, 6.07) is 9.13. The van der Waals surface area contributed by atoms with Gasteiger partial charge in [-0.15, -0.1) is 0 Å². The molecule has 2 aromatic carbocycles. The fourth-order valence-electron chi connectivity index (χ4n) is 3.09. The van der Waals surface area contributed by atoms with E-state index in [-0.39, 0.29) is 17.2 Å². The summed E-state index contributed by atoms with van der Waals surface area (Å²) < 4.78 is 16.3. The first-order valence-corrected chi connectivity index (χ1v) is 9.18. The number of benzene rings is 2. The molecule has 3 rings (SSSR count). The van der Waals surface area contributed by atoms with Crippen molar-refractivity contribution >= 4 is 12.2 Å². The summed E-state index contributed by atoms with van der Waals surface area (Å²) in [7, 11) is 1.43. The minimum Gasteiger partial charge on any atom is -0.508 e. The maximum atomic E-state index is 10.2. The average molecular weight is 420 g/mol. The van der Waals surface area contributed by atoms with Gasteiger partial charge in [-0.1, -0.05) is 18.2 Å².